The first-order valence-electron chi connectivity index (χ1n) is 6.67. The Labute approximate surface area is 113 Å². The van der Waals surface area contributed by atoms with E-state index in [1.165, 1.54) is 6.33 Å². The van der Waals surface area contributed by atoms with E-state index in [4.69, 9.17) is 10.5 Å². The van der Waals surface area contributed by atoms with E-state index in [-0.39, 0.29) is 0 Å². The first-order valence-corrected chi connectivity index (χ1v) is 6.67. The fourth-order valence-corrected chi connectivity index (χ4v) is 1.82. The molecule has 104 valence electrons. The number of nitrogens with zero attached hydrogens (tertiary/aromatic N) is 4. The molecule has 0 spiro atoms. The van der Waals surface area contributed by atoms with Crippen molar-refractivity contribution in [3.8, 4) is 0 Å². The fraction of sp³-hybridized carbons (Fsp3) is 0.615. The van der Waals surface area contributed by atoms with Gasteiger partial charge in [-0.15, -0.1) is 0 Å². The van der Waals surface area contributed by atoms with Crippen LogP contribution in [0.5, 0.6) is 0 Å². The third-order valence-corrected chi connectivity index (χ3v) is 2.96. The van der Waals surface area contributed by atoms with Crippen molar-refractivity contribution < 1.29 is 4.74 Å². The first kappa shape index (κ1) is 13.7. The molecule has 0 saturated heterocycles. The lowest BCUT2D eigenvalue weighted by atomic mass is 10.1. The molecule has 0 aliphatic rings. The molecule has 0 bridgehead atoms. The molecule has 6 heteroatoms. The van der Waals surface area contributed by atoms with Gasteiger partial charge in [0.1, 0.15) is 11.8 Å². The molecular formula is C13H21N5O. The van der Waals surface area contributed by atoms with Gasteiger partial charge in [-0.25, -0.2) is 15.0 Å². The second kappa shape index (κ2) is 6.47. The second-order valence-electron chi connectivity index (χ2n) is 5.02. The van der Waals surface area contributed by atoms with Gasteiger partial charge in [-0.3, -0.25) is 0 Å². The molecule has 0 atom stereocenters. The van der Waals surface area contributed by atoms with Gasteiger partial charge in [0.15, 0.2) is 11.5 Å². The molecule has 0 saturated carbocycles. The zero-order chi connectivity index (χ0) is 13.7. The summed E-state index contributed by atoms with van der Waals surface area (Å²) < 4.78 is 7.57. The summed E-state index contributed by atoms with van der Waals surface area (Å²) >= 11 is 0. The smallest absolute Gasteiger partial charge is 0.165 e. The Hall–Kier alpha value is -1.69. The van der Waals surface area contributed by atoms with E-state index in [0.717, 1.165) is 38.2 Å². The average molecular weight is 263 g/mol. The quantitative estimate of drug-likeness (QED) is 0.771. The predicted octanol–water partition coefficient (Wildman–Crippen LogP) is 1.86. The minimum absolute atomic E-state index is 0.428. The van der Waals surface area contributed by atoms with Crippen LogP contribution in [0.1, 0.15) is 26.7 Å². The SMILES string of the molecule is CC(C)CCOCCCn1cnc2c(N)ncnc21. The van der Waals surface area contributed by atoms with Crippen LogP contribution in [0.2, 0.25) is 0 Å². The molecule has 0 aliphatic heterocycles. The van der Waals surface area contributed by atoms with Crippen LogP contribution in [-0.4, -0.2) is 32.7 Å². The predicted molar refractivity (Wildman–Crippen MR) is 74.6 cm³/mol. The molecule has 0 radical (unpaired) electrons. The Kier molecular flexibility index (Phi) is 4.68. The summed E-state index contributed by atoms with van der Waals surface area (Å²) in [6, 6.07) is 0. The molecular weight excluding hydrogens is 242 g/mol. The normalized spacial score (nSPS) is 11.5. The molecule has 2 N–H and O–H groups in total. The molecule has 2 heterocycles. The average Bonchev–Trinajstić information content (AvgIpc) is 2.78. The highest BCUT2D eigenvalue weighted by molar-refractivity contribution is 5.80. The third kappa shape index (κ3) is 3.64. The number of aryl methyl sites for hydroxylation is 1. The molecule has 2 aromatic heterocycles. The molecule has 0 aromatic carbocycles. The van der Waals surface area contributed by atoms with Crippen molar-refractivity contribution in [3.05, 3.63) is 12.7 Å². The van der Waals surface area contributed by atoms with Gasteiger partial charge in [-0.05, 0) is 18.8 Å². The van der Waals surface area contributed by atoms with Crippen LogP contribution in [-0.2, 0) is 11.3 Å². The molecule has 0 unspecified atom stereocenters. The monoisotopic (exact) mass is 263 g/mol. The third-order valence-electron chi connectivity index (χ3n) is 2.96. The maximum absolute atomic E-state index is 5.74. The highest BCUT2D eigenvalue weighted by Crippen LogP contribution is 2.14. The lowest BCUT2D eigenvalue weighted by molar-refractivity contribution is 0.119. The molecule has 19 heavy (non-hydrogen) atoms. The van der Waals surface area contributed by atoms with Crippen molar-refractivity contribution in [1.29, 1.82) is 0 Å². The Bertz CT molecular complexity index is 523. The van der Waals surface area contributed by atoms with Crippen LogP contribution in [0.15, 0.2) is 12.7 Å². The van der Waals surface area contributed by atoms with E-state index in [1.54, 1.807) is 6.33 Å². The van der Waals surface area contributed by atoms with E-state index in [1.807, 2.05) is 4.57 Å². The molecule has 0 aliphatic carbocycles. The van der Waals surface area contributed by atoms with Crippen LogP contribution in [0.25, 0.3) is 11.2 Å². The van der Waals surface area contributed by atoms with Gasteiger partial charge in [0.05, 0.1) is 6.33 Å². The number of imidazole rings is 1. The number of ether oxygens (including phenoxy) is 1. The van der Waals surface area contributed by atoms with Gasteiger partial charge in [0, 0.05) is 19.8 Å². The van der Waals surface area contributed by atoms with Crippen LogP contribution < -0.4 is 5.73 Å². The van der Waals surface area contributed by atoms with Crippen molar-refractivity contribution in [3.63, 3.8) is 0 Å². The summed E-state index contributed by atoms with van der Waals surface area (Å²) in [6.07, 6.45) is 5.27. The molecule has 0 fully saturated rings. The standard InChI is InChI=1S/C13H21N5O/c1-10(2)4-7-19-6-3-5-18-9-17-11-12(14)15-8-16-13(11)18/h8-10H,3-7H2,1-2H3,(H2,14,15,16). The number of hydrogen-bond acceptors (Lipinski definition) is 5. The Balaban J connectivity index is 1.81. The molecule has 2 aromatic rings. The van der Waals surface area contributed by atoms with E-state index in [9.17, 15) is 0 Å². The first-order chi connectivity index (χ1) is 9.18. The Morgan fingerprint density at radius 2 is 2.11 bits per heavy atom. The maximum atomic E-state index is 5.74. The van der Waals surface area contributed by atoms with Crippen LogP contribution in [0.3, 0.4) is 0 Å². The van der Waals surface area contributed by atoms with Gasteiger partial charge in [-0.2, -0.15) is 0 Å². The maximum Gasteiger partial charge on any atom is 0.165 e. The van der Waals surface area contributed by atoms with E-state index >= 15 is 0 Å². The topological polar surface area (TPSA) is 78.9 Å². The summed E-state index contributed by atoms with van der Waals surface area (Å²) in [6.45, 7) is 6.81. The van der Waals surface area contributed by atoms with Crippen molar-refractivity contribution in [2.24, 2.45) is 5.92 Å². The van der Waals surface area contributed by atoms with Crippen LogP contribution >= 0.6 is 0 Å². The van der Waals surface area contributed by atoms with Crippen molar-refractivity contribution in [1.82, 2.24) is 19.5 Å². The molecule has 6 nitrogen and oxygen atoms in total. The van der Waals surface area contributed by atoms with Crippen molar-refractivity contribution >= 4 is 17.0 Å². The Morgan fingerprint density at radius 3 is 2.89 bits per heavy atom. The van der Waals surface area contributed by atoms with Crippen LogP contribution in [0, 0.1) is 5.92 Å². The van der Waals surface area contributed by atoms with Crippen molar-refractivity contribution in [2.45, 2.75) is 33.2 Å². The fourth-order valence-electron chi connectivity index (χ4n) is 1.82. The number of fused-ring (bicyclic) bond motifs is 1. The minimum Gasteiger partial charge on any atom is -0.382 e. The Morgan fingerprint density at radius 1 is 1.26 bits per heavy atom. The number of aromatic nitrogens is 4. The summed E-state index contributed by atoms with van der Waals surface area (Å²) in [5.41, 5.74) is 7.20. The zero-order valence-corrected chi connectivity index (χ0v) is 11.5. The van der Waals surface area contributed by atoms with Crippen molar-refractivity contribution in [2.75, 3.05) is 18.9 Å². The van der Waals surface area contributed by atoms with Crippen LogP contribution in [0.4, 0.5) is 5.82 Å². The largest absolute Gasteiger partial charge is 0.382 e. The van der Waals surface area contributed by atoms with Gasteiger partial charge < -0.3 is 15.0 Å². The van der Waals surface area contributed by atoms with Gasteiger partial charge >= 0.3 is 0 Å². The summed E-state index contributed by atoms with van der Waals surface area (Å²) in [5, 5.41) is 0. The van der Waals surface area contributed by atoms with E-state index < -0.39 is 0 Å². The highest BCUT2D eigenvalue weighted by atomic mass is 16.5. The number of nitrogen functional groups attached to an aromatic ring is 1. The molecule has 2 rings (SSSR count). The summed E-state index contributed by atoms with van der Waals surface area (Å²) in [5.74, 6) is 1.12. The lowest BCUT2D eigenvalue weighted by Crippen LogP contribution is -2.05. The lowest BCUT2D eigenvalue weighted by Gasteiger charge is -2.07. The van der Waals surface area contributed by atoms with Gasteiger partial charge in [0.2, 0.25) is 0 Å². The molecule has 0 amide bonds. The van der Waals surface area contributed by atoms with Gasteiger partial charge in [-0.1, -0.05) is 13.8 Å². The minimum atomic E-state index is 0.428. The van der Waals surface area contributed by atoms with E-state index in [2.05, 4.69) is 28.8 Å². The van der Waals surface area contributed by atoms with Gasteiger partial charge in [0.25, 0.3) is 0 Å². The summed E-state index contributed by atoms with van der Waals surface area (Å²) in [7, 11) is 0. The number of anilines is 1. The number of nitrogens with two attached hydrogens (primary N) is 1. The summed E-state index contributed by atoms with van der Waals surface area (Å²) in [4.78, 5) is 12.4. The second-order valence-corrected chi connectivity index (χ2v) is 5.02. The number of rotatable bonds is 7. The highest BCUT2D eigenvalue weighted by Gasteiger charge is 2.06. The zero-order valence-electron chi connectivity index (χ0n) is 11.5. The van der Waals surface area contributed by atoms with E-state index in [0.29, 0.717) is 17.3 Å². The number of hydrogen-bond donors (Lipinski definition) is 1.